The number of fused-ring (bicyclic) bond motifs is 1. The number of Topliss-reactive ketones (excluding diaryl/α,β-unsaturated/α-hetero) is 1. The summed E-state index contributed by atoms with van der Waals surface area (Å²) in [5.41, 5.74) is 2.09. The molecule has 96 valence electrons. The number of benzene rings is 1. The highest BCUT2D eigenvalue weighted by Gasteiger charge is 2.33. The van der Waals surface area contributed by atoms with Gasteiger partial charge >= 0.3 is 5.97 Å². The Balaban J connectivity index is 1.79. The molecule has 0 radical (unpaired) electrons. The predicted octanol–water partition coefficient (Wildman–Crippen LogP) is 2.64. The van der Waals surface area contributed by atoms with Crippen molar-refractivity contribution in [2.24, 2.45) is 5.92 Å². The summed E-state index contributed by atoms with van der Waals surface area (Å²) >= 11 is 1.35. The summed E-state index contributed by atoms with van der Waals surface area (Å²) in [4.78, 5) is 24.1. The summed E-state index contributed by atoms with van der Waals surface area (Å²) in [7, 11) is 0. The van der Waals surface area contributed by atoms with Crippen LogP contribution in [0.1, 0.15) is 11.1 Å². The molecule has 0 fully saturated rings. The second-order valence-electron chi connectivity index (χ2n) is 4.52. The van der Waals surface area contributed by atoms with Crippen LogP contribution in [0.5, 0.6) is 5.06 Å². The molecule has 0 N–H and O–H groups in total. The number of ketones is 1. The van der Waals surface area contributed by atoms with E-state index in [9.17, 15) is 9.59 Å². The van der Waals surface area contributed by atoms with Crippen LogP contribution in [0, 0.1) is 5.92 Å². The molecule has 0 amide bonds. The zero-order chi connectivity index (χ0) is 13.2. The third-order valence-electron chi connectivity index (χ3n) is 3.28. The van der Waals surface area contributed by atoms with Gasteiger partial charge in [0.05, 0.1) is 0 Å². The number of esters is 1. The van der Waals surface area contributed by atoms with Crippen molar-refractivity contribution in [1.82, 2.24) is 0 Å². The van der Waals surface area contributed by atoms with E-state index in [-0.39, 0.29) is 5.78 Å². The summed E-state index contributed by atoms with van der Waals surface area (Å²) in [5.74, 6) is -1.17. The van der Waals surface area contributed by atoms with Gasteiger partial charge in [0.15, 0.2) is 10.8 Å². The molecule has 0 saturated heterocycles. The van der Waals surface area contributed by atoms with Gasteiger partial charge in [-0.2, -0.15) is 0 Å². The lowest BCUT2D eigenvalue weighted by Gasteiger charge is -2.21. The topological polar surface area (TPSA) is 43.4 Å². The van der Waals surface area contributed by atoms with E-state index in [4.69, 9.17) is 4.74 Å². The summed E-state index contributed by atoms with van der Waals surface area (Å²) in [6.45, 7) is 0. The van der Waals surface area contributed by atoms with Crippen LogP contribution in [0.4, 0.5) is 0 Å². The van der Waals surface area contributed by atoms with Crippen LogP contribution in [0.2, 0.25) is 0 Å². The molecule has 0 saturated carbocycles. The maximum Gasteiger partial charge on any atom is 0.323 e. The van der Waals surface area contributed by atoms with Crippen LogP contribution in [0.15, 0.2) is 41.8 Å². The summed E-state index contributed by atoms with van der Waals surface area (Å²) in [6, 6.07) is 11.3. The molecule has 1 aliphatic rings. The largest absolute Gasteiger partial charge is 0.415 e. The molecule has 0 spiro atoms. The number of ether oxygens (including phenoxy) is 1. The molecule has 1 aliphatic carbocycles. The van der Waals surface area contributed by atoms with E-state index >= 15 is 0 Å². The predicted molar refractivity (Wildman–Crippen MR) is 72.3 cm³/mol. The van der Waals surface area contributed by atoms with Gasteiger partial charge in [0.1, 0.15) is 5.92 Å². The maximum atomic E-state index is 12.0. The number of carbonyl (C=O) groups is 2. The number of hydrogen-bond donors (Lipinski definition) is 0. The molecular formula is C15H12O3S. The Kier molecular flexibility index (Phi) is 3.17. The van der Waals surface area contributed by atoms with E-state index in [0.29, 0.717) is 17.9 Å². The van der Waals surface area contributed by atoms with Crippen molar-refractivity contribution in [2.75, 3.05) is 0 Å². The second kappa shape index (κ2) is 4.97. The summed E-state index contributed by atoms with van der Waals surface area (Å²) in [6.07, 6.45) is 0.763. The van der Waals surface area contributed by atoms with Crippen LogP contribution in [0.3, 0.4) is 0 Å². The van der Waals surface area contributed by atoms with E-state index < -0.39 is 11.9 Å². The van der Waals surface area contributed by atoms with Gasteiger partial charge in [-0.25, -0.2) is 0 Å². The van der Waals surface area contributed by atoms with Crippen molar-refractivity contribution in [3.63, 3.8) is 0 Å². The van der Waals surface area contributed by atoms with Crippen molar-refractivity contribution in [2.45, 2.75) is 12.8 Å². The highest BCUT2D eigenvalue weighted by molar-refractivity contribution is 7.11. The smallest absolute Gasteiger partial charge is 0.323 e. The number of rotatable bonds is 2. The van der Waals surface area contributed by atoms with Crippen LogP contribution < -0.4 is 4.74 Å². The van der Waals surface area contributed by atoms with Crippen LogP contribution in [-0.2, 0) is 22.4 Å². The Morgan fingerprint density at radius 1 is 1.16 bits per heavy atom. The quantitative estimate of drug-likeness (QED) is 0.623. The van der Waals surface area contributed by atoms with Crippen molar-refractivity contribution < 1.29 is 14.3 Å². The molecular weight excluding hydrogens is 260 g/mol. The number of carbonyl (C=O) groups excluding carboxylic acids is 2. The Morgan fingerprint density at radius 3 is 2.68 bits per heavy atom. The fourth-order valence-corrected chi connectivity index (χ4v) is 2.86. The summed E-state index contributed by atoms with van der Waals surface area (Å²) < 4.78 is 5.24. The molecule has 3 nitrogen and oxygen atoms in total. The van der Waals surface area contributed by atoms with Gasteiger partial charge in [0, 0.05) is 6.42 Å². The zero-order valence-corrected chi connectivity index (χ0v) is 11.0. The lowest BCUT2D eigenvalue weighted by molar-refractivity contribution is -0.143. The molecule has 1 unspecified atom stereocenters. The summed E-state index contributed by atoms with van der Waals surface area (Å²) in [5, 5.41) is 2.37. The lowest BCUT2D eigenvalue weighted by Crippen LogP contribution is -2.34. The van der Waals surface area contributed by atoms with Gasteiger partial charge in [-0.1, -0.05) is 24.3 Å². The Labute approximate surface area is 114 Å². The van der Waals surface area contributed by atoms with E-state index in [1.807, 2.05) is 35.7 Å². The third-order valence-corrected chi connectivity index (χ3v) is 4.02. The van der Waals surface area contributed by atoms with Crippen molar-refractivity contribution >= 4 is 23.1 Å². The molecule has 1 aromatic heterocycles. The fourth-order valence-electron chi connectivity index (χ4n) is 2.28. The first-order chi connectivity index (χ1) is 9.24. The highest BCUT2D eigenvalue weighted by atomic mass is 32.1. The normalized spacial score (nSPS) is 17.9. The molecule has 0 aliphatic heterocycles. The van der Waals surface area contributed by atoms with Gasteiger partial charge < -0.3 is 4.74 Å². The van der Waals surface area contributed by atoms with Crippen molar-refractivity contribution in [1.29, 1.82) is 0 Å². The standard InChI is InChI=1S/C15H12O3S/c16-13-9-11-5-2-1-4-10(11)8-12(13)15(17)18-14-6-3-7-19-14/h1-7,12H,8-9H2. The lowest BCUT2D eigenvalue weighted by atomic mass is 9.83. The SMILES string of the molecule is O=C1Cc2ccccc2CC1C(=O)Oc1cccs1. The average molecular weight is 272 g/mol. The third kappa shape index (κ3) is 2.44. The van der Waals surface area contributed by atoms with E-state index in [0.717, 1.165) is 11.1 Å². The van der Waals surface area contributed by atoms with Crippen molar-refractivity contribution in [3.8, 4) is 5.06 Å². The fraction of sp³-hybridized carbons (Fsp3) is 0.200. The van der Waals surface area contributed by atoms with Gasteiger partial charge in [-0.3, -0.25) is 9.59 Å². The van der Waals surface area contributed by atoms with Gasteiger partial charge in [-0.15, -0.1) is 11.3 Å². The second-order valence-corrected chi connectivity index (χ2v) is 5.43. The van der Waals surface area contributed by atoms with Gasteiger partial charge in [0.25, 0.3) is 0 Å². The zero-order valence-electron chi connectivity index (χ0n) is 10.2. The highest BCUT2D eigenvalue weighted by Crippen LogP contribution is 2.26. The molecule has 19 heavy (non-hydrogen) atoms. The van der Waals surface area contributed by atoms with Gasteiger partial charge in [-0.05, 0) is 35.1 Å². The van der Waals surface area contributed by atoms with Crippen LogP contribution in [0.25, 0.3) is 0 Å². The van der Waals surface area contributed by atoms with E-state index in [2.05, 4.69) is 0 Å². The monoisotopic (exact) mass is 272 g/mol. The molecule has 1 heterocycles. The Morgan fingerprint density at radius 2 is 1.95 bits per heavy atom. The minimum atomic E-state index is -0.669. The molecule has 4 heteroatoms. The minimum absolute atomic E-state index is 0.0553. The molecule has 1 atom stereocenters. The molecule has 0 bridgehead atoms. The van der Waals surface area contributed by atoms with E-state index in [1.165, 1.54) is 11.3 Å². The number of hydrogen-bond acceptors (Lipinski definition) is 4. The number of thiophene rings is 1. The molecule has 1 aromatic carbocycles. The van der Waals surface area contributed by atoms with Gasteiger partial charge in [0.2, 0.25) is 0 Å². The van der Waals surface area contributed by atoms with Crippen molar-refractivity contribution in [3.05, 3.63) is 52.9 Å². The maximum absolute atomic E-state index is 12.0. The average Bonchev–Trinajstić information content (AvgIpc) is 2.90. The molecule has 2 aromatic rings. The Hall–Kier alpha value is -1.94. The van der Waals surface area contributed by atoms with Crippen LogP contribution in [-0.4, -0.2) is 11.8 Å². The first kappa shape index (κ1) is 12.1. The Bertz CT molecular complexity index is 616. The first-order valence-corrected chi connectivity index (χ1v) is 6.96. The first-order valence-electron chi connectivity index (χ1n) is 6.09. The molecule has 3 rings (SSSR count). The van der Waals surface area contributed by atoms with Crippen LogP contribution >= 0.6 is 11.3 Å². The van der Waals surface area contributed by atoms with E-state index in [1.54, 1.807) is 6.07 Å². The minimum Gasteiger partial charge on any atom is -0.415 e.